The zero-order valence-electron chi connectivity index (χ0n) is 9.59. The first-order chi connectivity index (χ1) is 7.07. The Morgan fingerprint density at radius 3 is 2.65 bits per heavy atom. The fourth-order valence-electron chi connectivity index (χ4n) is 1.10. The fourth-order valence-corrected chi connectivity index (χ4v) is 1.30. The first-order valence-electron chi connectivity index (χ1n) is 4.64. The minimum absolute atomic E-state index is 0. The molecule has 0 saturated carbocycles. The lowest BCUT2D eigenvalue weighted by atomic mass is 10.2. The summed E-state index contributed by atoms with van der Waals surface area (Å²) >= 11 is 5.87. The van der Waals surface area contributed by atoms with Crippen LogP contribution in [0.5, 0.6) is 0 Å². The van der Waals surface area contributed by atoms with Crippen molar-refractivity contribution in [1.29, 1.82) is 0 Å². The molecule has 98 valence electrons. The van der Waals surface area contributed by atoms with Gasteiger partial charge in [-0.25, -0.2) is 0 Å². The maximum Gasteiger partial charge on any atom is 0.255 e. The van der Waals surface area contributed by atoms with E-state index in [1.807, 2.05) is 6.92 Å². The highest BCUT2D eigenvalue weighted by Gasteiger charge is 2.18. The highest BCUT2D eigenvalue weighted by molar-refractivity contribution is 6.33. The van der Waals surface area contributed by atoms with Gasteiger partial charge in [-0.3, -0.25) is 9.78 Å². The maximum absolute atomic E-state index is 11.9. The predicted molar refractivity (Wildman–Crippen MR) is 74.4 cm³/mol. The molecule has 0 spiro atoms. The van der Waals surface area contributed by atoms with Gasteiger partial charge in [0.15, 0.2) is 0 Å². The van der Waals surface area contributed by atoms with E-state index in [9.17, 15) is 4.79 Å². The lowest BCUT2D eigenvalue weighted by Gasteiger charge is -2.23. The SMILES string of the molecule is CC(CN)N(C)C(=O)c1ccncc1Cl.Cl.Cl. The van der Waals surface area contributed by atoms with Gasteiger partial charge >= 0.3 is 0 Å². The Hall–Kier alpha value is -0.550. The average molecular weight is 301 g/mol. The van der Waals surface area contributed by atoms with Crippen LogP contribution in [-0.2, 0) is 0 Å². The van der Waals surface area contributed by atoms with E-state index in [1.165, 1.54) is 6.20 Å². The van der Waals surface area contributed by atoms with Gasteiger partial charge in [-0.15, -0.1) is 24.8 Å². The molecule has 0 saturated heterocycles. The van der Waals surface area contributed by atoms with Crippen LogP contribution < -0.4 is 5.73 Å². The summed E-state index contributed by atoms with van der Waals surface area (Å²) in [6.07, 6.45) is 3.00. The van der Waals surface area contributed by atoms with E-state index in [2.05, 4.69) is 4.98 Å². The molecule has 7 heteroatoms. The molecule has 0 bridgehead atoms. The average Bonchev–Trinajstić information content (AvgIpc) is 2.26. The van der Waals surface area contributed by atoms with E-state index >= 15 is 0 Å². The number of carbonyl (C=O) groups excluding carboxylic acids is 1. The van der Waals surface area contributed by atoms with Crippen molar-refractivity contribution in [2.24, 2.45) is 5.73 Å². The van der Waals surface area contributed by atoms with Crippen molar-refractivity contribution in [2.45, 2.75) is 13.0 Å². The van der Waals surface area contributed by atoms with Crippen LogP contribution in [-0.4, -0.2) is 35.4 Å². The summed E-state index contributed by atoms with van der Waals surface area (Å²) in [7, 11) is 1.70. The van der Waals surface area contributed by atoms with E-state index in [1.54, 1.807) is 24.2 Å². The number of nitrogens with zero attached hydrogens (tertiary/aromatic N) is 2. The smallest absolute Gasteiger partial charge is 0.255 e. The van der Waals surface area contributed by atoms with Gasteiger partial charge in [-0.05, 0) is 13.0 Å². The summed E-state index contributed by atoms with van der Waals surface area (Å²) in [4.78, 5) is 17.3. The number of amides is 1. The van der Waals surface area contributed by atoms with Crippen molar-refractivity contribution in [3.05, 3.63) is 29.0 Å². The number of hydrogen-bond donors (Lipinski definition) is 1. The largest absolute Gasteiger partial charge is 0.338 e. The molecular formula is C10H16Cl3N3O. The molecule has 17 heavy (non-hydrogen) atoms. The van der Waals surface area contributed by atoms with Crippen molar-refractivity contribution in [3.63, 3.8) is 0 Å². The summed E-state index contributed by atoms with van der Waals surface area (Å²) in [6, 6.07) is 1.59. The highest BCUT2D eigenvalue weighted by atomic mass is 35.5. The number of carbonyl (C=O) groups is 1. The molecule has 1 aromatic heterocycles. The van der Waals surface area contributed by atoms with Gasteiger partial charge in [-0.1, -0.05) is 11.6 Å². The second-order valence-electron chi connectivity index (χ2n) is 3.36. The van der Waals surface area contributed by atoms with E-state index in [0.717, 1.165) is 0 Å². The third-order valence-corrected chi connectivity index (χ3v) is 2.63. The second kappa shape index (κ2) is 8.53. The van der Waals surface area contributed by atoms with E-state index in [-0.39, 0.29) is 36.8 Å². The predicted octanol–water partition coefficient (Wildman–Crippen LogP) is 2.00. The molecule has 1 heterocycles. The van der Waals surface area contributed by atoms with Crippen molar-refractivity contribution in [2.75, 3.05) is 13.6 Å². The van der Waals surface area contributed by atoms with E-state index in [4.69, 9.17) is 17.3 Å². The number of aromatic nitrogens is 1. The summed E-state index contributed by atoms with van der Waals surface area (Å²) in [5.41, 5.74) is 5.94. The van der Waals surface area contributed by atoms with Crippen LogP contribution in [0.2, 0.25) is 5.02 Å². The molecule has 1 atom stereocenters. The first-order valence-corrected chi connectivity index (χ1v) is 5.02. The molecule has 1 rings (SSSR count). The lowest BCUT2D eigenvalue weighted by Crippen LogP contribution is -2.39. The van der Waals surface area contributed by atoms with Crippen molar-refractivity contribution < 1.29 is 4.79 Å². The van der Waals surface area contributed by atoms with Gasteiger partial charge in [0.2, 0.25) is 0 Å². The van der Waals surface area contributed by atoms with Crippen molar-refractivity contribution in [1.82, 2.24) is 9.88 Å². The Balaban J connectivity index is 0. The molecule has 0 aliphatic heterocycles. The second-order valence-corrected chi connectivity index (χ2v) is 3.76. The highest BCUT2D eigenvalue weighted by Crippen LogP contribution is 2.15. The van der Waals surface area contributed by atoms with Crippen LogP contribution in [0.15, 0.2) is 18.5 Å². The Kier molecular flexibility index (Phi) is 9.43. The van der Waals surface area contributed by atoms with Gasteiger partial charge in [0, 0.05) is 32.0 Å². The molecular weight excluding hydrogens is 284 g/mol. The van der Waals surface area contributed by atoms with Crippen LogP contribution in [0.1, 0.15) is 17.3 Å². The molecule has 4 nitrogen and oxygen atoms in total. The van der Waals surface area contributed by atoms with Gasteiger partial charge in [0.25, 0.3) is 5.91 Å². The van der Waals surface area contributed by atoms with Crippen molar-refractivity contribution in [3.8, 4) is 0 Å². The molecule has 1 aromatic rings. The Morgan fingerprint density at radius 2 is 2.18 bits per heavy atom. The molecule has 1 amide bonds. The van der Waals surface area contributed by atoms with Gasteiger partial charge in [-0.2, -0.15) is 0 Å². The van der Waals surface area contributed by atoms with Crippen LogP contribution >= 0.6 is 36.4 Å². The Bertz CT molecular complexity index is 362. The maximum atomic E-state index is 11.9. The van der Waals surface area contributed by atoms with Crippen LogP contribution in [0.3, 0.4) is 0 Å². The monoisotopic (exact) mass is 299 g/mol. The van der Waals surface area contributed by atoms with Gasteiger partial charge < -0.3 is 10.6 Å². The molecule has 0 aliphatic carbocycles. The molecule has 2 N–H and O–H groups in total. The number of halogens is 3. The quantitative estimate of drug-likeness (QED) is 0.929. The number of hydrogen-bond acceptors (Lipinski definition) is 3. The minimum atomic E-state index is -0.139. The molecule has 0 aliphatic rings. The zero-order chi connectivity index (χ0) is 11.4. The Morgan fingerprint density at radius 1 is 1.59 bits per heavy atom. The minimum Gasteiger partial charge on any atom is -0.338 e. The number of likely N-dealkylation sites (N-methyl/N-ethyl adjacent to an activating group) is 1. The normalized spacial score (nSPS) is 10.8. The molecule has 0 fully saturated rings. The summed E-state index contributed by atoms with van der Waals surface area (Å²) in [6.45, 7) is 2.30. The van der Waals surface area contributed by atoms with E-state index < -0.39 is 0 Å². The summed E-state index contributed by atoms with van der Waals surface area (Å²) < 4.78 is 0. The Labute approximate surface area is 118 Å². The standard InChI is InChI=1S/C10H14ClN3O.2ClH/c1-7(5-12)14(2)10(15)8-3-4-13-6-9(8)11;;/h3-4,6-7H,5,12H2,1-2H3;2*1H. The summed E-state index contributed by atoms with van der Waals surface area (Å²) in [5, 5.41) is 0.360. The number of rotatable bonds is 3. The lowest BCUT2D eigenvalue weighted by molar-refractivity contribution is 0.0748. The van der Waals surface area contributed by atoms with Crippen LogP contribution in [0.4, 0.5) is 0 Å². The van der Waals surface area contributed by atoms with Crippen LogP contribution in [0.25, 0.3) is 0 Å². The van der Waals surface area contributed by atoms with Gasteiger partial charge in [0.1, 0.15) is 0 Å². The third-order valence-electron chi connectivity index (χ3n) is 2.33. The molecule has 1 unspecified atom stereocenters. The fraction of sp³-hybridized carbons (Fsp3) is 0.400. The number of pyridine rings is 1. The molecule has 0 radical (unpaired) electrons. The summed E-state index contributed by atoms with van der Waals surface area (Å²) in [5.74, 6) is -0.139. The zero-order valence-corrected chi connectivity index (χ0v) is 12.0. The number of nitrogens with two attached hydrogens (primary N) is 1. The first kappa shape index (κ1) is 18.8. The van der Waals surface area contributed by atoms with Crippen molar-refractivity contribution >= 4 is 42.3 Å². The van der Waals surface area contributed by atoms with E-state index in [0.29, 0.717) is 17.1 Å². The van der Waals surface area contributed by atoms with Gasteiger partial charge in [0.05, 0.1) is 10.6 Å². The topological polar surface area (TPSA) is 59.2 Å². The molecule has 0 aromatic carbocycles. The van der Waals surface area contributed by atoms with Crippen LogP contribution in [0, 0.1) is 0 Å². The third kappa shape index (κ3) is 4.68.